The molecule has 0 bridgehead atoms. The summed E-state index contributed by atoms with van der Waals surface area (Å²) in [5.74, 6) is 2.62. The van der Waals surface area contributed by atoms with Crippen molar-refractivity contribution < 1.29 is 9.53 Å². The lowest BCUT2D eigenvalue weighted by Crippen LogP contribution is -2.53. The van der Waals surface area contributed by atoms with E-state index in [0.717, 1.165) is 23.8 Å². The highest BCUT2D eigenvalue weighted by Gasteiger charge is 2.64. The van der Waals surface area contributed by atoms with E-state index in [-0.39, 0.29) is 17.4 Å². The van der Waals surface area contributed by atoms with Crippen molar-refractivity contribution in [3.63, 3.8) is 0 Å². The fourth-order valence-corrected chi connectivity index (χ4v) is 8.42. The number of rotatable bonds is 5. The summed E-state index contributed by atoms with van der Waals surface area (Å²) in [7, 11) is 0. The Balaban J connectivity index is 1.31. The van der Waals surface area contributed by atoms with Gasteiger partial charge in [0.15, 0.2) is 5.78 Å². The van der Waals surface area contributed by atoms with Gasteiger partial charge in [0.25, 0.3) is 0 Å². The van der Waals surface area contributed by atoms with Crippen molar-refractivity contribution in [2.45, 2.75) is 85.2 Å². The number of carbonyl (C=O) groups excluding carboxylic acids is 1. The van der Waals surface area contributed by atoms with E-state index in [4.69, 9.17) is 4.74 Å². The number of hydrogen-bond donors (Lipinski definition) is 0. The van der Waals surface area contributed by atoms with Crippen LogP contribution in [0.4, 0.5) is 0 Å². The maximum absolute atomic E-state index is 13.5. The number of Topliss-reactive ketones (excluding diaryl/α,β-unsaturated/α-hetero) is 1. The normalized spacial score (nSPS) is 41.6. The van der Waals surface area contributed by atoms with Crippen molar-refractivity contribution in [3.05, 3.63) is 47.5 Å². The van der Waals surface area contributed by atoms with Crippen LogP contribution in [0.3, 0.4) is 0 Å². The molecule has 0 aromatic heterocycles. The highest BCUT2D eigenvalue weighted by Crippen LogP contribution is 2.69. The molecule has 0 saturated heterocycles. The molecular formula is C29H40O2. The molecule has 1 aromatic rings. The summed E-state index contributed by atoms with van der Waals surface area (Å²) in [5.41, 5.74) is 3.23. The SMILES string of the molecule is C[C@]12CCCCC1=CC[C@@H]1[C@@H]2CC[C@@]2(C)[C@H]1CC[C@]2(C)C(=O)COCc1ccccc1. The summed E-state index contributed by atoms with van der Waals surface area (Å²) >= 11 is 0. The van der Waals surface area contributed by atoms with Crippen molar-refractivity contribution in [2.24, 2.45) is 34.0 Å². The number of ether oxygens (including phenoxy) is 1. The Bertz CT molecular complexity index is 857. The van der Waals surface area contributed by atoms with Gasteiger partial charge >= 0.3 is 0 Å². The topological polar surface area (TPSA) is 26.3 Å². The van der Waals surface area contributed by atoms with Gasteiger partial charge in [-0.25, -0.2) is 0 Å². The van der Waals surface area contributed by atoms with Gasteiger partial charge in [-0.3, -0.25) is 4.79 Å². The molecule has 2 heteroatoms. The molecule has 3 fully saturated rings. The first-order valence-electron chi connectivity index (χ1n) is 12.7. The third-order valence-electron chi connectivity index (χ3n) is 10.6. The molecule has 4 aliphatic rings. The van der Waals surface area contributed by atoms with Crippen molar-refractivity contribution >= 4 is 5.78 Å². The minimum absolute atomic E-state index is 0.123. The third kappa shape index (κ3) is 3.27. The highest BCUT2D eigenvalue weighted by atomic mass is 16.5. The summed E-state index contributed by atoms with van der Waals surface area (Å²) in [6, 6.07) is 10.2. The van der Waals surface area contributed by atoms with Gasteiger partial charge in [0, 0.05) is 5.41 Å². The van der Waals surface area contributed by atoms with Crippen LogP contribution in [0.5, 0.6) is 0 Å². The lowest BCUT2D eigenvalue weighted by molar-refractivity contribution is -0.145. The van der Waals surface area contributed by atoms with Gasteiger partial charge in [-0.1, -0.05) is 69.2 Å². The minimum Gasteiger partial charge on any atom is -0.369 e. The van der Waals surface area contributed by atoms with Crippen LogP contribution < -0.4 is 0 Å². The fraction of sp³-hybridized carbons (Fsp3) is 0.690. The molecule has 4 aliphatic carbocycles. The van der Waals surface area contributed by atoms with Gasteiger partial charge in [-0.05, 0) is 85.5 Å². The molecule has 168 valence electrons. The molecule has 0 heterocycles. The second kappa shape index (κ2) is 7.87. The molecule has 3 saturated carbocycles. The Morgan fingerprint density at radius 3 is 2.58 bits per heavy atom. The molecular weight excluding hydrogens is 380 g/mol. The third-order valence-corrected chi connectivity index (χ3v) is 10.6. The quantitative estimate of drug-likeness (QED) is 0.474. The number of allylic oxidation sites excluding steroid dienone is 2. The van der Waals surface area contributed by atoms with Gasteiger partial charge in [0.05, 0.1) is 6.61 Å². The van der Waals surface area contributed by atoms with Crippen molar-refractivity contribution in [1.29, 1.82) is 0 Å². The Kier molecular flexibility index (Phi) is 5.44. The Morgan fingerprint density at radius 1 is 1.00 bits per heavy atom. The Morgan fingerprint density at radius 2 is 1.77 bits per heavy atom. The molecule has 5 rings (SSSR count). The molecule has 0 unspecified atom stereocenters. The molecule has 0 radical (unpaired) electrons. The van der Waals surface area contributed by atoms with Crippen LogP contribution in [0.15, 0.2) is 42.0 Å². The number of hydrogen-bond acceptors (Lipinski definition) is 2. The van der Waals surface area contributed by atoms with E-state index in [2.05, 4.69) is 39.0 Å². The summed E-state index contributed by atoms with van der Waals surface area (Å²) in [4.78, 5) is 13.5. The largest absolute Gasteiger partial charge is 0.369 e. The molecule has 0 amide bonds. The fourth-order valence-electron chi connectivity index (χ4n) is 8.42. The first-order valence-corrected chi connectivity index (χ1v) is 12.7. The first-order chi connectivity index (χ1) is 14.9. The predicted octanol–water partition coefficient (Wildman–Crippen LogP) is 7.13. The van der Waals surface area contributed by atoms with E-state index < -0.39 is 0 Å². The molecule has 6 atom stereocenters. The zero-order valence-electron chi connectivity index (χ0n) is 19.8. The van der Waals surface area contributed by atoms with Crippen LogP contribution in [0.2, 0.25) is 0 Å². The molecule has 0 aliphatic heterocycles. The monoisotopic (exact) mass is 420 g/mol. The highest BCUT2D eigenvalue weighted by molar-refractivity contribution is 5.87. The van der Waals surface area contributed by atoms with Gasteiger partial charge in [0.2, 0.25) is 0 Å². The van der Waals surface area contributed by atoms with Crippen LogP contribution in [-0.2, 0) is 16.1 Å². The Labute approximate surface area is 188 Å². The van der Waals surface area contributed by atoms with Crippen molar-refractivity contribution in [3.8, 4) is 0 Å². The molecule has 2 nitrogen and oxygen atoms in total. The summed E-state index contributed by atoms with van der Waals surface area (Å²) < 4.78 is 5.92. The molecule has 31 heavy (non-hydrogen) atoms. The van der Waals surface area contributed by atoms with E-state index in [1.807, 2.05) is 18.2 Å². The molecule has 1 aromatic carbocycles. The Hall–Kier alpha value is -1.41. The zero-order valence-corrected chi connectivity index (χ0v) is 19.8. The van der Waals surface area contributed by atoms with E-state index in [0.29, 0.717) is 23.7 Å². The van der Waals surface area contributed by atoms with E-state index >= 15 is 0 Å². The zero-order chi connectivity index (χ0) is 21.7. The van der Waals surface area contributed by atoms with Crippen LogP contribution in [0.1, 0.15) is 84.1 Å². The summed E-state index contributed by atoms with van der Waals surface area (Å²) in [6.45, 7) is 8.09. The first kappa shape index (κ1) is 21.4. The maximum atomic E-state index is 13.5. The maximum Gasteiger partial charge on any atom is 0.164 e. The van der Waals surface area contributed by atoms with Gasteiger partial charge in [0.1, 0.15) is 6.61 Å². The summed E-state index contributed by atoms with van der Waals surface area (Å²) in [5, 5.41) is 0. The van der Waals surface area contributed by atoms with E-state index in [9.17, 15) is 4.79 Å². The second-order valence-corrected chi connectivity index (χ2v) is 11.7. The molecule has 0 N–H and O–H groups in total. The number of carbonyl (C=O) groups is 1. The van der Waals surface area contributed by atoms with E-state index in [1.54, 1.807) is 5.57 Å². The standard InChI is InChI=1S/C29H40O2/c1-27-16-8-7-11-22(27)12-13-23-24(27)14-17-28(2)25(23)15-18-29(28,3)26(30)20-31-19-21-9-5-4-6-10-21/h4-6,9-10,12,23-25H,7-8,11,13-20H2,1-3H3/t23-,24+,25+,27+,28+,29-/m1/s1. The molecule has 0 spiro atoms. The lowest BCUT2D eigenvalue weighted by Gasteiger charge is -2.59. The minimum atomic E-state index is -0.239. The van der Waals surface area contributed by atoms with Gasteiger partial charge in [-0.15, -0.1) is 0 Å². The number of benzene rings is 1. The summed E-state index contributed by atoms with van der Waals surface area (Å²) in [6.07, 6.45) is 14.2. The lowest BCUT2D eigenvalue weighted by atomic mass is 9.45. The number of ketones is 1. The van der Waals surface area contributed by atoms with Gasteiger partial charge < -0.3 is 4.74 Å². The van der Waals surface area contributed by atoms with Crippen LogP contribution in [0.25, 0.3) is 0 Å². The average Bonchev–Trinajstić information content (AvgIpc) is 3.06. The van der Waals surface area contributed by atoms with Crippen LogP contribution in [-0.4, -0.2) is 12.4 Å². The smallest absolute Gasteiger partial charge is 0.164 e. The van der Waals surface area contributed by atoms with E-state index in [1.165, 1.54) is 51.4 Å². The van der Waals surface area contributed by atoms with Crippen molar-refractivity contribution in [1.82, 2.24) is 0 Å². The van der Waals surface area contributed by atoms with Crippen LogP contribution >= 0.6 is 0 Å². The predicted molar refractivity (Wildman–Crippen MR) is 126 cm³/mol. The number of fused-ring (bicyclic) bond motifs is 5. The van der Waals surface area contributed by atoms with Gasteiger partial charge in [-0.2, -0.15) is 0 Å². The average molecular weight is 421 g/mol. The van der Waals surface area contributed by atoms with Crippen LogP contribution in [0, 0.1) is 34.0 Å². The second-order valence-electron chi connectivity index (χ2n) is 11.7. The van der Waals surface area contributed by atoms with Crippen molar-refractivity contribution in [2.75, 3.05) is 6.61 Å².